The van der Waals surface area contributed by atoms with Crippen molar-refractivity contribution in [2.45, 2.75) is 25.1 Å². The quantitative estimate of drug-likeness (QED) is 0.437. The predicted molar refractivity (Wildman–Crippen MR) is 115 cm³/mol. The summed E-state index contributed by atoms with van der Waals surface area (Å²) in [7, 11) is 0. The zero-order chi connectivity index (χ0) is 24.6. The van der Waals surface area contributed by atoms with Gasteiger partial charge >= 0.3 is 12.1 Å². The van der Waals surface area contributed by atoms with Crippen LogP contribution in [0.1, 0.15) is 18.4 Å². The molecule has 0 unspecified atom stereocenters. The monoisotopic (exact) mass is 498 g/mol. The molecule has 11 heteroatoms. The number of hydrogen-bond donors (Lipinski definition) is 2. The molecule has 2 N–H and O–H groups in total. The Morgan fingerprint density at radius 1 is 1.15 bits per heavy atom. The van der Waals surface area contributed by atoms with Crippen LogP contribution >= 0.6 is 11.6 Å². The van der Waals surface area contributed by atoms with Crippen molar-refractivity contribution in [3.63, 3.8) is 0 Å². The first-order valence-corrected chi connectivity index (χ1v) is 10.6. The smallest absolute Gasteiger partial charge is 0.416 e. The van der Waals surface area contributed by atoms with Crippen LogP contribution in [0.15, 0.2) is 45.6 Å². The zero-order valence-electron chi connectivity index (χ0n) is 17.4. The fourth-order valence-electron chi connectivity index (χ4n) is 3.64. The van der Waals surface area contributed by atoms with Crippen molar-refractivity contribution in [1.82, 2.24) is 0 Å². The van der Waals surface area contributed by atoms with Crippen molar-refractivity contribution in [3.05, 3.63) is 57.2 Å². The summed E-state index contributed by atoms with van der Waals surface area (Å²) in [6.07, 6.45) is -4.16. The van der Waals surface area contributed by atoms with Gasteiger partial charge in [-0.1, -0.05) is 11.6 Å². The molecule has 0 spiro atoms. The first kappa shape index (κ1) is 23.9. The van der Waals surface area contributed by atoms with E-state index < -0.39 is 29.1 Å². The minimum atomic E-state index is -4.63. The summed E-state index contributed by atoms with van der Waals surface area (Å²) in [4.78, 5) is 23.4. The third-order valence-electron chi connectivity index (χ3n) is 5.52. The van der Waals surface area contributed by atoms with E-state index in [1.54, 1.807) is 0 Å². The van der Waals surface area contributed by atoms with Crippen LogP contribution in [-0.2, 0) is 15.7 Å². The fourth-order valence-corrected chi connectivity index (χ4v) is 3.84. The van der Waals surface area contributed by atoms with Gasteiger partial charge < -0.3 is 24.1 Å². The van der Waals surface area contributed by atoms with Gasteiger partial charge in [-0.2, -0.15) is 13.2 Å². The topological polar surface area (TPSA) is 106 Å². The molecule has 34 heavy (non-hydrogen) atoms. The number of carbonyl (C=O) groups is 1. The van der Waals surface area contributed by atoms with Crippen molar-refractivity contribution < 1.29 is 42.1 Å². The Morgan fingerprint density at radius 2 is 1.88 bits per heavy atom. The predicted octanol–water partition coefficient (Wildman–Crippen LogP) is 5.10. The summed E-state index contributed by atoms with van der Waals surface area (Å²) in [6, 6.07) is 6.31. The number of aliphatic carboxylic acids is 1. The summed E-state index contributed by atoms with van der Waals surface area (Å²) in [5.74, 6) is -1.99. The van der Waals surface area contributed by atoms with E-state index in [9.17, 15) is 27.9 Å². The molecule has 0 saturated heterocycles. The van der Waals surface area contributed by atoms with Gasteiger partial charge in [0.1, 0.15) is 29.3 Å². The van der Waals surface area contributed by atoms with Crippen molar-refractivity contribution >= 4 is 28.5 Å². The van der Waals surface area contributed by atoms with E-state index in [-0.39, 0.29) is 58.1 Å². The molecular formula is C23H18ClF3O7. The normalized spacial score (nSPS) is 18.0. The summed E-state index contributed by atoms with van der Waals surface area (Å²) < 4.78 is 56.5. The van der Waals surface area contributed by atoms with Crippen LogP contribution in [0, 0.1) is 5.92 Å². The van der Waals surface area contributed by atoms with E-state index in [1.165, 1.54) is 12.1 Å². The molecule has 1 fully saturated rings. The van der Waals surface area contributed by atoms with Crippen LogP contribution in [0.5, 0.6) is 11.5 Å². The lowest BCUT2D eigenvalue weighted by atomic mass is 9.82. The fraction of sp³-hybridized carbons (Fsp3) is 0.304. The highest BCUT2D eigenvalue weighted by molar-refractivity contribution is 6.35. The number of ether oxygens (including phenoxy) is 2. The molecule has 0 bridgehead atoms. The molecule has 1 saturated carbocycles. The van der Waals surface area contributed by atoms with Gasteiger partial charge in [-0.25, -0.2) is 0 Å². The van der Waals surface area contributed by atoms with E-state index in [0.29, 0.717) is 12.8 Å². The van der Waals surface area contributed by atoms with E-state index >= 15 is 0 Å². The first-order chi connectivity index (χ1) is 16.0. The Balaban J connectivity index is 1.61. The lowest BCUT2D eigenvalue weighted by molar-refractivity contribution is -0.151. The number of alkyl halides is 3. The highest BCUT2D eigenvalue weighted by Gasteiger charge is 2.35. The maximum atomic E-state index is 13.3. The summed E-state index contributed by atoms with van der Waals surface area (Å²) >= 11 is 6.09. The summed E-state index contributed by atoms with van der Waals surface area (Å²) in [5, 5.41) is 18.7. The number of rotatable bonds is 7. The molecule has 4 rings (SSSR count). The van der Waals surface area contributed by atoms with Crippen molar-refractivity contribution in [3.8, 4) is 22.8 Å². The second kappa shape index (κ2) is 9.19. The zero-order valence-corrected chi connectivity index (χ0v) is 18.2. The molecule has 0 atom stereocenters. The number of carboxylic acid groups (broad SMARTS) is 1. The molecular weight excluding hydrogens is 481 g/mol. The van der Waals surface area contributed by atoms with Gasteiger partial charge in [0.2, 0.25) is 0 Å². The standard InChI is InChI=1S/C23H18ClF3O7/c24-15-3-4-16(28)20-17(29)10-19(34-21(15)20)14-2-1-12(23(25,26)27)9-18(14)33-6-5-32-13-7-11(8-13)22(30)31/h1-4,9-11,13,28H,5-8H2,(H,30,31). The van der Waals surface area contributed by atoms with Gasteiger partial charge in [0.15, 0.2) is 11.0 Å². The number of halogens is 4. The number of hydrogen-bond acceptors (Lipinski definition) is 6. The Kier molecular flexibility index (Phi) is 6.46. The molecule has 7 nitrogen and oxygen atoms in total. The first-order valence-electron chi connectivity index (χ1n) is 10.2. The van der Waals surface area contributed by atoms with E-state index in [4.69, 9.17) is 30.6 Å². The third kappa shape index (κ3) is 4.83. The third-order valence-corrected chi connectivity index (χ3v) is 5.82. The van der Waals surface area contributed by atoms with Gasteiger partial charge in [0.05, 0.1) is 34.8 Å². The van der Waals surface area contributed by atoms with E-state index in [1.807, 2.05) is 0 Å². The minimum absolute atomic E-state index is 0.0219. The van der Waals surface area contributed by atoms with Crippen molar-refractivity contribution in [1.29, 1.82) is 0 Å². The Labute approximate surface area is 195 Å². The molecule has 0 aliphatic heterocycles. The lowest BCUT2D eigenvalue weighted by Gasteiger charge is -2.32. The molecule has 0 radical (unpaired) electrons. The summed E-state index contributed by atoms with van der Waals surface area (Å²) in [5.41, 5.74) is -1.64. The molecule has 2 aromatic carbocycles. The number of benzene rings is 2. The van der Waals surface area contributed by atoms with E-state index in [0.717, 1.165) is 24.3 Å². The van der Waals surface area contributed by atoms with Crippen LogP contribution < -0.4 is 10.2 Å². The number of aromatic hydroxyl groups is 1. The second-order valence-electron chi connectivity index (χ2n) is 7.80. The van der Waals surface area contributed by atoms with Gasteiger partial charge in [-0.15, -0.1) is 0 Å². The SMILES string of the molecule is O=C(O)C1CC(OCCOc2cc(C(F)(F)F)ccc2-c2cc(=O)c3c(O)ccc(Cl)c3o2)C1. The highest BCUT2D eigenvalue weighted by Crippen LogP contribution is 2.39. The molecule has 0 amide bonds. The van der Waals surface area contributed by atoms with Crippen LogP contribution in [0.3, 0.4) is 0 Å². The average molecular weight is 499 g/mol. The van der Waals surface area contributed by atoms with Crippen molar-refractivity contribution in [2.24, 2.45) is 5.92 Å². The van der Waals surface area contributed by atoms with Gasteiger partial charge in [0.25, 0.3) is 0 Å². The summed E-state index contributed by atoms with van der Waals surface area (Å²) in [6.45, 7) is -0.101. The Morgan fingerprint density at radius 3 is 2.56 bits per heavy atom. The molecule has 1 aromatic heterocycles. The van der Waals surface area contributed by atoms with Crippen LogP contribution in [0.25, 0.3) is 22.3 Å². The second-order valence-corrected chi connectivity index (χ2v) is 8.21. The average Bonchev–Trinajstić information content (AvgIpc) is 2.73. The van der Waals surface area contributed by atoms with Crippen LogP contribution in [0.4, 0.5) is 13.2 Å². The van der Waals surface area contributed by atoms with Gasteiger partial charge in [-0.3, -0.25) is 9.59 Å². The lowest BCUT2D eigenvalue weighted by Crippen LogP contribution is -2.37. The maximum absolute atomic E-state index is 13.3. The number of fused-ring (bicyclic) bond motifs is 1. The largest absolute Gasteiger partial charge is 0.507 e. The number of phenolic OH excluding ortho intramolecular Hbond substituents is 1. The molecule has 1 aliphatic carbocycles. The number of phenols is 1. The van der Waals surface area contributed by atoms with E-state index in [2.05, 4.69) is 0 Å². The maximum Gasteiger partial charge on any atom is 0.416 e. The molecule has 1 heterocycles. The number of carboxylic acids is 1. The van der Waals surface area contributed by atoms with Crippen molar-refractivity contribution in [2.75, 3.05) is 13.2 Å². The Bertz CT molecular complexity index is 1300. The van der Waals surface area contributed by atoms with Gasteiger partial charge in [-0.05, 0) is 43.2 Å². The van der Waals surface area contributed by atoms with Crippen LogP contribution in [0.2, 0.25) is 5.02 Å². The van der Waals surface area contributed by atoms with Gasteiger partial charge in [0, 0.05) is 6.07 Å². The minimum Gasteiger partial charge on any atom is -0.507 e. The molecule has 180 valence electrons. The Hall–Kier alpha value is -3.24. The highest BCUT2D eigenvalue weighted by atomic mass is 35.5. The molecule has 1 aliphatic rings. The molecule has 3 aromatic rings. The van der Waals surface area contributed by atoms with Crippen LogP contribution in [-0.4, -0.2) is 35.5 Å².